The molecule has 0 radical (unpaired) electrons. The van der Waals surface area contributed by atoms with Crippen LogP contribution in [0.4, 0.5) is 5.82 Å². The van der Waals surface area contributed by atoms with Crippen molar-refractivity contribution in [2.24, 2.45) is 11.7 Å². The molecule has 7 nitrogen and oxygen atoms in total. The molecule has 2 aliphatic carbocycles. The van der Waals surface area contributed by atoms with E-state index >= 15 is 0 Å². The molecule has 7 rings (SSSR count). The molecule has 2 saturated heterocycles. The Morgan fingerprint density at radius 1 is 1.23 bits per heavy atom. The summed E-state index contributed by atoms with van der Waals surface area (Å²) >= 11 is 0. The highest BCUT2D eigenvalue weighted by molar-refractivity contribution is 5.85. The zero-order valence-corrected chi connectivity index (χ0v) is 17.7. The Bertz CT molecular complexity index is 1180. The van der Waals surface area contributed by atoms with Crippen LogP contribution in [-0.2, 0) is 0 Å². The van der Waals surface area contributed by atoms with E-state index in [2.05, 4.69) is 28.2 Å². The molecule has 3 aromatic heterocycles. The molecule has 4 aliphatic rings. The molecular weight excluding hydrogens is 388 g/mol. The maximum Gasteiger partial charge on any atom is 0.138 e. The highest BCUT2D eigenvalue weighted by atomic mass is 16.5. The van der Waals surface area contributed by atoms with Crippen molar-refractivity contribution in [3.8, 4) is 22.9 Å². The molecule has 2 N–H and O–H groups in total. The van der Waals surface area contributed by atoms with Crippen molar-refractivity contribution in [2.75, 3.05) is 11.5 Å². The number of hydrogen-bond acceptors (Lipinski definition) is 6. The van der Waals surface area contributed by atoms with Crippen LogP contribution in [0.3, 0.4) is 0 Å². The minimum Gasteiger partial charge on any atom is -0.492 e. The van der Waals surface area contributed by atoms with E-state index in [0.29, 0.717) is 24.3 Å². The fourth-order valence-electron chi connectivity index (χ4n) is 6.40. The highest BCUT2D eigenvalue weighted by Gasteiger charge is 2.53. The first kappa shape index (κ1) is 18.6. The predicted octanol–water partition coefficient (Wildman–Crippen LogP) is 3.52. The molecule has 4 atom stereocenters. The Morgan fingerprint density at radius 3 is 2.68 bits per heavy atom. The number of nitrogens with zero attached hydrogens (tertiary/aromatic N) is 5. The van der Waals surface area contributed by atoms with E-state index < -0.39 is 0 Å². The number of piperidine rings is 2. The van der Waals surface area contributed by atoms with Gasteiger partial charge in [-0.1, -0.05) is 0 Å². The van der Waals surface area contributed by atoms with Gasteiger partial charge in [0.1, 0.15) is 17.6 Å². The van der Waals surface area contributed by atoms with Crippen molar-refractivity contribution in [1.29, 1.82) is 5.26 Å². The van der Waals surface area contributed by atoms with Gasteiger partial charge in [-0.3, -0.25) is 0 Å². The summed E-state index contributed by atoms with van der Waals surface area (Å²) in [6.07, 6.45) is 11.1. The molecule has 4 fully saturated rings. The van der Waals surface area contributed by atoms with Gasteiger partial charge < -0.3 is 15.4 Å². The highest BCUT2D eigenvalue weighted by Crippen LogP contribution is 2.51. The molecule has 7 heteroatoms. The monoisotopic (exact) mass is 414 g/mol. The average molecular weight is 415 g/mol. The summed E-state index contributed by atoms with van der Waals surface area (Å²) in [5, 5.41) is 13.9. The Morgan fingerprint density at radius 2 is 2.03 bits per heavy atom. The van der Waals surface area contributed by atoms with Crippen molar-refractivity contribution in [2.45, 2.75) is 56.7 Å². The van der Waals surface area contributed by atoms with Crippen molar-refractivity contribution >= 4 is 11.3 Å². The van der Waals surface area contributed by atoms with E-state index in [1.165, 1.54) is 19.3 Å². The van der Waals surface area contributed by atoms with Crippen LogP contribution >= 0.6 is 0 Å². The largest absolute Gasteiger partial charge is 0.492 e. The van der Waals surface area contributed by atoms with Gasteiger partial charge in [0, 0.05) is 34.9 Å². The summed E-state index contributed by atoms with van der Waals surface area (Å²) in [4.78, 5) is 7.40. The van der Waals surface area contributed by atoms with Crippen molar-refractivity contribution < 1.29 is 4.74 Å². The molecule has 3 aromatic rings. The van der Waals surface area contributed by atoms with Gasteiger partial charge in [0.05, 0.1) is 30.1 Å². The zero-order chi connectivity index (χ0) is 21.2. The maximum atomic E-state index is 9.55. The number of fused-ring (bicyclic) bond motifs is 1. The number of anilines is 1. The van der Waals surface area contributed by atoms with E-state index in [-0.39, 0.29) is 5.54 Å². The lowest BCUT2D eigenvalue weighted by atomic mass is 9.60. The summed E-state index contributed by atoms with van der Waals surface area (Å²) in [6, 6.07) is 9.45. The van der Waals surface area contributed by atoms with Gasteiger partial charge in [-0.15, -0.1) is 0 Å². The first-order chi connectivity index (χ1) is 15.1. The number of nitrogens with two attached hydrogens (primary N) is 1. The number of hydrogen-bond donors (Lipinski definition) is 1. The number of aromatic nitrogens is 3. The topological polar surface area (TPSA) is 92.5 Å². The molecule has 0 amide bonds. The summed E-state index contributed by atoms with van der Waals surface area (Å²) in [5.41, 5.74) is 9.89. The normalized spacial score (nSPS) is 28.8. The van der Waals surface area contributed by atoms with Crippen molar-refractivity contribution in [1.82, 2.24) is 14.6 Å². The van der Waals surface area contributed by atoms with Crippen LogP contribution in [0.15, 0.2) is 36.8 Å². The fraction of sp³-hybridized carbons (Fsp3) is 0.458. The molecule has 2 unspecified atom stereocenters. The van der Waals surface area contributed by atoms with Gasteiger partial charge in [-0.25, -0.2) is 9.50 Å². The smallest absolute Gasteiger partial charge is 0.138 e. The van der Waals surface area contributed by atoms with E-state index in [0.717, 1.165) is 47.0 Å². The first-order valence-electron chi connectivity index (χ1n) is 11.1. The summed E-state index contributed by atoms with van der Waals surface area (Å²) < 4.78 is 7.44. The molecule has 158 valence electrons. The number of pyridine rings is 2. The molecule has 0 spiro atoms. The molecule has 31 heavy (non-hydrogen) atoms. The van der Waals surface area contributed by atoms with Gasteiger partial charge >= 0.3 is 0 Å². The predicted molar refractivity (Wildman–Crippen MR) is 118 cm³/mol. The van der Waals surface area contributed by atoms with Crippen LogP contribution in [0.2, 0.25) is 0 Å². The summed E-state index contributed by atoms with van der Waals surface area (Å²) in [5.74, 6) is 2.53. The lowest BCUT2D eigenvalue weighted by Crippen LogP contribution is -2.67. The first-order valence-corrected chi connectivity index (χ1v) is 11.1. The zero-order valence-electron chi connectivity index (χ0n) is 17.7. The Kier molecular flexibility index (Phi) is 4.03. The van der Waals surface area contributed by atoms with Crippen LogP contribution < -0.4 is 15.4 Å². The van der Waals surface area contributed by atoms with Gasteiger partial charge in [0.2, 0.25) is 0 Å². The molecule has 0 aromatic carbocycles. The summed E-state index contributed by atoms with van der Waals surface area (Å²) in [6.45, 7) is 2.52. The van der Waals surface area contributed by atoms with Crippen molar-refractivity contribution in [3.63, 3.8) is 0 Å². The third-order valence-electron chi connectivity index (χ3n) is 7.32. The third-order valence-corrected chi connectivity index (χ3v) is 7.32. The second-order valence-electron chi connectivity index (χ2n) is 9.42. The third kappa shape index (κ3) is 2.89. The van der Waals surface area contributed by atoms with E-state index in [1.54, 1.807) is 10.7 Å². The SMILES string of the molecule is CCOc1cc(-c2ccc(N3[C@@H]4CC5C[C@H]3CC(N)(C5)C4)nc2)c2c(C#N)cnn2c1. The van der Waals surface area contributed by atoms with Crippen LogP contribution in [0.25, 0.3) is 16.6 Å². The molecule has 2 saturated carbocycles. The quantitative estimate of drug-likeness (QED) is 0.702. The second kappa shape index (κ2) is 6.69. The second-order valence-corrected chi connectivity index (χ2v) is 9.42. The lowest BCUT2D eigenvalue weighted by molar-refractivity contribution is 0.0648. The van der Waals surface area contributed by atoms with E-state index in [9.17, 15) is 5.26 Å². The minimum atomic E-state index is 0.0357. The van der Waals surface area contributed by atoms with Gasteiger partial charge in [-0.05, 0) is 63.1 Å². The van der Waals surface area contributed by atoms with Crippen LogP contribution in [0.5, 0.6) is 5.75 Å². The Labute approximate surface area is 181 Å². The number of nitriles is 1. The van der Waals surface area contributed by atoms with Crippen LogP contribution in [-0.4, -0.2) is 38.8 Å². The Hall–Kier alpha value is -3.11. The van der Waals surface area contributed by atoms with Crippen molar-refractivity contribution in [3.05, 3.63) is 42.4 Å². The van der Waals surface area contributed by atoms with Crippen LogP contribution in [0.1, 0.15) is 44.6 Å². The average Bonchev–Trinajstić information content (AvgIpc) is 3.15. The molecule has 5 heterocycles. The number of rotatable bonds is 4. The molecule has 4 bridgehead atoms. The Balaban J connectivity index is 1.38. The fourth-order valence-corrected chi connectivity index (χ4v) is 6.40. The van der Waals surface area contributed by atoms with E-state index in [1.807, 2.05) is 25.4 Å². The minimum absolute atomic E-state index is 0.0357. The van der Waals surface area contributed by atoms with E-state index in [4.69, 9.17) is 15.5 Å². The lowest BCUT2D eigenvalue weighted by Gasteiger charge is -2.60. The van der Waals surface area contributed by atoms with Gasteiger partial charge in [-0.2, -0.15) is 10.4 Å². The van der Waals surface area contributed by atoms with Crippen LogP contribution in [0, 0.1) is 17.2 Å². The number of ether oxygens (including phenoxy) is 1. The summed E-state index contributed by atoms with van der Waals surface area (Å²) in [7, 11) is 0. The molecule has 2 aliphatic heterocycles. The van der Waals surface area contributed by atoms with Gasteiger partial charge in [0.15, 0.2) is 0 Å². The van der Waals surface area contributed by atoms with Gasteiger partial charge in [0.25, 0.3) is 0 Å². The maximum absolute atomic E-state index is 9.55. The standard InChI is InChI=1S/C24H26N6O/c1-2-31-20-7-21(23-17(11-25)13-28-29(23)14-20)16-3-4-22(27-12-16)30-18-5-15-6-19(30)10-24(26,8-15)9-18/h3-4,7,12-15,18-19H,2,5-6,8-10,26H2,1H3/t15?,18-,19+,24?. The molecular formula is C24H26N6O.